The molecule has 3 nitrogen and oxygen atoms in total. The Morgan fingerprint density at radius 1 is 0.939 bits per heavy atom. The van der Waals surface area contributed by atoms with Gasteiger partial charge in [0.25, 0.3) is 0 Å². The smallest absolute Gasteiger partial charge is 0.317 e. The maximum Gasteiger partial charge on any atom is 0.317 e. The van der Waals surface area contributed by atoms with Crippen molar-refractivity contribution >= 4 is 5.97 Å². The molecule has 4 aliphatic carbocycles. The predicted octanol–water partition coefficient (Wildman–Crippen LogP) is 6.54. The van der Waals surface area contributed by atoms with Gasteiger partial charge in [-0.25, -0.2) is 0 Å². The van der Waals surface area contributed by atoms with Crippen LogP contribution in [0.1, 0.15) is 84.1 Å². The van der Waals surface area contributed by atoms with Crippen LogP contribution in [0.3, 0.4) is 0 Å². The third kappa shape index (κ3) is 2.87. The molecule has 5 aliphatic rings. The van der Waals surface area contributed by atoms with Gasteiger partial charge in [0, 0.05) is 11.3 Å². The highest BCUT2D eigenvalue weighted by molar-refractivity contribution is 5.81. The van der Waals surface area contributed by atoms with E-state index in [1.807, 2.05) is 0 Å². The average molecular weight is 447 g/mol. The number of carbonyl (C=O) groups is 1. The van der Waals surface area contributed by atoms with Crippen molar-refractivity contribution in [2.45, 2.75) is 84.7 Å². The Balaban J connectivity index is 1.41. The molecule has 0 bridgehead atoms. The summed E-state index contributed by atoms with van der Waals surface area (Å²) in [4.78, 5) is 13.3. The molecule has 7 atom stereocenters. The summed E-state index contributed by atoms with van der Waals surface area (Å²) in [6.45, 7) is 8.99. The van der Waals surface area contributed by atoms with E-state index in [1.54, 1.807) is 0 Å². The molecule has 2 saturated carbocycles. The lowest BCUT2D eigenvalue weighted by atomic mass is 9.48. The van der Waals surface area contributed by atoms with E-state index < -0.39 is 5.41 Å². The van der Waals surface area contributed by atoms with Gasteiger partial charge in [0.1, 0.15) is 5.76 Å². The summed E-state index contributed by atoms with van der Waals surface area (Å²) >= 11 is 0. The van der Waals surface area contributed by atoms with Crippen LogP contribution in [0.25, 0.3) is 0 Å². The van der Waals surface area contributed by atoms with Gasteiger partial charge in [-0.2, -0.15) is 0 Å². The Kier molecular flexibility index (Phi) is 4.64. The molecule has 0 unspecified atom stereocenters. The van der Waals surface area contributed by atoms with Gasteiger partial charge in [-0.05, 0) is 93.1 Å². The summed E-state index contributed by atoms with van der Waals surface area (Å²) in [5.74, 6) is 2.85. The number of rotatable bonds is 1. The van der Waals surface area contributed by atoms with Crippen LogP contribution in [-0.2, 0) is 9.53 Å². The Bertz CT molecular complexity index is 1050. The third-order valence-corrected chi connectivity index (χ3v) is 10.6. The van der Waals surface area contributed by atoms with E-state index in [9.17, 15) is 9.90 Å². The summed E-state index contributed by atoms with van der Waals surface area (Å²) in [6, 6.07) is 10.6. The Labute approximate surface area is 198 Å². The van der Waals surface area contributed by atoms with Gasteiger partial charge in [0.05, 0.1) is 11.5 Å². The van der Waals surface area contributed by atoms with Crippen LogP contribution in [0.5, 0.6) is 0 Å². The Morgan fingerprint density at radius 3 is 2.42 bits per heavy atom. The van der Waals surface area contributed by atoms with Crippen molar-refractivity contribution in [1.29, 1.82) is 0 Å². The van der Waals surface area contributed by atoms with Crippen molar-refractivity contribution in [3.63, 3.8) is 0 Å². The molecular formula is C30H38O3. The summed E-state index contributed by atoms with van der Waals surface area (Å²) in [5, 5.41) is 10.3. The van der Waals surface area contributed by atoms with E-state index in [2.05, 4.69) is 64.1 Å². The quantitative estimate of drug-likeness (QED) is 0.393. The van der Waals surface area contributed by atoms with Crippen LogP contribution in [0.2, 0.25) is 0 Å². The van der Waals surface area contributed by atoms with Crippen LogP contribution < -0.4 is 0 Å². The topological polar surface area (TPSA) is 46.5 Å². The molecule has 0 spiro atoms. The molecule has 176 valence electrons. The van der Waals surface area contributed by atoms with Gasteiger partial charge in [-0.3, -0.25) is 4.79 Å². The number of allylic oxidation sites excluding steroid dienone is 3. The lowest BCUT2D eigenvalue weighted by Crippen LogP contribution is -2.50. The minimum absolute atomic E-state index is 0.0500. The first-order valence-corrected chi connectivity index (χ1v) is 13.0. The van der Waals surface area contributed by atoms with Gasteiger partial charge < -0.3 is 9.84 Å². The minimum Gasteiger partial charge on any atom is -0.430 e. The van der Waals surface area contributed by atoms with E-state index in [0.29, 0.717) is 17.8 Å². The van der Waals surface area contributed by atoms with E-state index in [4.69, 9.17) is 4.74 Å². The first kappa shape index (κ1) is 21.6. The minimum atomic E-state index is -0.561. The molecule has 1 aliphatic heterocycles. The van der Waals surface area contributed by atoms with Crippen LogP contribution in [-0.4, -0.2) is 17.2 Å². The lowest BCUT2D eigenvalue weighted by Gasteiger charge is -2.57. The van der Waals surface area contributed by atoms with Gasteiger partial charge in [0.2, 0.25) is 0 Å². The first-order valence-electron chi connectivity index (χ1n) is 13.0. The molecule has 33 heavy (non-hydrogen) atoms. The highest BCUT2D eigenvalue weighted by Crippen LogP contribution is 2.69. The number of aliphatic hydroxyl groups excluding tert-OH is 1. The summed E-state index contributed by atoms with van der Waals surface area (Å²) in [7, 11) is 0. The SMILES string of the molecule is CC1(C)C(=O)OC2=C(C[C@H]3[C@H]4CC=C5C[C@@H](O)CC[C@]5(C)[C@H]4CC[C@]23C)[C@@H]1c1ccccc1. The van der Waals surface area contributed by atoms with Gasteiger partial charge in [0.15, 0.2) is 0 Å². The fraction of sp³-hybridized carbons (Fsp3) is 0.633. The van der Waals surface area contributed by atoms with Gasteiger partial charge in [-0.1, -0.05) is 55.8 Å². The Morgan fingerprint density at radius 2 is 1.67 bits per heavy atom. The highest BCUT2D eigenvalue weighted by atomic mass is 16.5. The normalized spacial score (nSPS) is 43.6. The average Bonchev–Trinajstić information content (AvgIpc) is 3.07. The number of ether oxygens (including phenoxy) is 1. The Hall–Kier alpha value is -1.87. The van der Waals surface area contributed by atoms with Gasteiger partial charge >= 0.3 is 5.97 Å². The van der Waals surface area contributed by atoms with E-state index in [1.165, 1.54) is 23.1 Å². The zero-order chi connectivity index (χ0) is 23.2. The predicted molar refractivity (Wildman–Crippen MR) is 129 cm³/mol. The molecule has 1 heterocycles. The van der Waals surface area contributed by atoms with Crippen LogP contribution in [0, 0.1) is 34.0 Å². The first-order chi connectivity index (χ1) is 15.7. The summed E-state index contributed by atoms with van der Waals surface area (Å²) < 4.78 is 6.27. The monoisotopic (exact) mass is 446 g/mol. The molecule has 6 rings (SSSR count). The number of benzene rings is 1. The molecule has 0 amide bonds. The van der Waals surface area contributed by atoms with Crippen molar-refractivity contribution < 1.29 is 14.6 Å². The number of carbonyl (C=O) groups excluding carboxylic acids is 1. The molecule has 0 aromatic heterocycles. The zero-order valence-corrected chi connectivity index (χ0v) is 20.6. The van der Waals surface area contributed by atoms with E-state index >= 15 is 0 Å². The van der Waals surface area contributed by atoms with E-state index in [0.717, 1.165) is 44.3 Å². The summed E-state index contributed by atoms with van der Waals surface area (Å²) in [5.41, 5.74) is 3.75. The van der Waals surface area contributed by atoms with Crippen molar-refractivity contribution in [3.05, 3.63) is 58.9 Å². The maximum atomic E-state index is 13.3. The van der Waals surface area contributed by atoms with Crippen molar-refractivity contribution in [3.8, 4) is 0 Å². The fourth-order valence-electron chi connectivity index (χ4n) is 8.79. The molecule has 1 aromatic carbocycles. The second kappa shape index (κ2) is 7.07. The van der Waals surface area contributed by atoms with Crippen molar-refractivity contribution in [2.75, 3.05) is 0 Å². The molecule has 0 saturated heterocycles. The van der Waals surface area contributed by atoms with Gasteiger partial charge in [-0.15, -0.1) is 0 Å². The molecule has 1 aromatic rings. The third-order valence-electron chi connectivity index (χ3n) is 10.6. The standard InChI is InChI=1S/C30H38O3/c1-28(2)25(18-8-6-5-7-9-18)22-17-24-21-11-10-19-16-20(31)12-14-29(19,3)23(21)13-15-30(24,4)26(22)33-27(28)32/h5-10,20-21,23-25,31H,11-17H2,1-4H3/t20-,21-,23-,24-,25-,29-,30-/m0/s1. The van der Waals surface area contributed by atoms with E-state index in [-0.39, 0.29) is 28.8 Å². The second-order valence-electron chi connectivity index (χ2n) is 12.6. The van der Waals surface area contributed by atoms with Crippen molar-refractivity contribution in [1.82, 2.24) is 0 Å². The zero-order valence-electron chi connectivity index (χ0n) is 20.6. The van der Waals surface area contributed by atoms with Crippen LogP contribution in [0.4, 0.5) is 0 Å². The van der Waals surface area contributed by atoms with Crippen molar-refractivity contribution in [2.24, 2.45) is 34.0 Å². The van der Waals surface area contributed by atoms with Crippen LogP contribution >= 0.6 is 0 Å². The number of hydrogen-bond donors (Lipinski definition) is 1. The lowest BCUT2D eigenvalue weighted by molar-refractivity contribution is -0.155. The number of hydrogen-bond acceptors (Lipinski definition) is 3. The number of aliphatic hydroxyl groups is 1. The maximum absolute atomic E-state index is 13.3. The second-order valence-corrected chi connectivity index (χ2v) is 12.6. The molecule has 3 heteroatoms. The summed E-state index contributed by atoms with van der Waals surface area (Å²) in [6.07, 6.45) is 9.65. The highest BCUT2D eigenvalue weighted by Gasteiger charge is 2.62. The molecule has 2 fully saturated rings. The van der Waals surface area contributed by atoms with Crippen LogP contribution in [0.15, 0.2) is 53.3 Å². The largest absolute Gasteiger partial charge is 0.430 e. The fourth-order valence-corrected chi connectivity index (χ4v) is 8.79. The number of esters is 1. The molecular weight excluding hydrogens is 408 g/mol. The molecule has 0 radical (unpaired) electrons. The molecule has 1 N–H and O–H groups in total. The number of fused-ring (bicyclic) bond motifs is 6.